The van der Waals surface area contributed by atoms with Crippen LogP contribution in [-0.4, -0.2) is 231 Å². The van der Waals surface area contributed by atoms with Crippen LogP contribution >= 0.6 is 0 Å². The molecule has 20 aliphatic rings. The first-order chi connectivity index (χ1) is 45.9. The molecule has 12 bridgehead atoms. The lowest BCUT2D eigenvalue weighted by Gasteiger charge is -2.29. The molecule has 0 amide bonds. The van der Waals surface area contributed by atoms with Crippen LogP contribution in [0.25, 0.3) is 0 Å². The Morgan fingerprint density at radius 3 is 1.47 bits per heavy atom. The maximum Gasteiger partial charge on any atom is 0.413 e. The zero-order chi connectivity index (χ0) is 73.4. The molecular formula is C58H80F6N2O26S8. The van der Waals surface area contributed by atoms with Crippen molar-refractivity contribution in [2.24, 2.45) is 76.9 Å². The number of hydrogen-bond donors (Lipinski definition) is 0. The Labute approximate surface area is 577 Å². The summed E-state index contributed by atoms with van der Waals surface area (Å²) in [5.41, 5.74) is 0. The zero-order valence-corrected chi connectivity index (χ0v) is 61.5. The molecule has 100 heavy (non-hydrogen) atoms. The van der Waals surface area contributed by atoms with Crippen LogP contribution in [0.2, 0.25) is 0 Å². The highest BCUT2D eigenvalue weighted by molar-refractivity contribution is 7.93. The summed E-state index contributed by atoms with van der Waals surface area (Å²) in [6.45, 7) is 15.0. The Bertz CT molecular complexity index is 4240. The monoisotopic (exact) mass is 1590 g/mol. The third-order valence-electron chi connectivity index (χ3n) is 25.2. The van der Waals surface area contributed by atoms with Crippen molar-refractivity contribution in [1.82, 2.24) is 0 Å². The van der Waals surface area contributed by atoms with Crippen molar-refractivity contribution >= 4 is 80.1 Å². The molecule has 18 aliphatic heterocycles. The number of halogens is 6. The molecule has 18 saturated heterocycles. The van der Waals surface area contributed by atoms with Crippen molar-refractivity contribution in [3.63, 3.8) is 0 Å². The molecule has 28 nitrogen and oxygen atoms in total. The van der Waals surface area contributed by atoms with Crippen LogP contribution in [0.1, 0.15) is 100 Å². The maximum atomic E-state index is 13.0. The van der Waals surface area contributed by atoms with E-state index in [2.05, 4.69) is 22.2 Å². The lowest BCUT2D eigenvalue weighted by molar-refractivity contribution is -0.189. The second-order valence-electron chi connectivity index (χ2n) is 30.9. The minimum atomic E-state index is -4.85. The van der Waals surface area contributed by atoms with Gasteiger partial charge in [-0.25, -0.2) is 25.3 Å². The number of nitriles is 2. The lowest BCUT2D eigenvalue weighted by atomic mass is 9.80. The van der Waals surface area contributed by atoms with E-state index in [1.54, 1.807) is 13.8 Å². The minimum Gasteiger partial charge on any atom is -0.373 e. The first-order valence-electron chi connectivity index (χ1n) is 33.4. The summed E-state index contributed by atoms with van der Waals surface area (Å²) in [7, 11) is -27.3. The Hall–Kier alpha value is -2.24. The van der Waals surface area contributed by atoms with Crippen molar-refractivity contribution in [2.45, 2.75) is 235 Å². The van der Waals surface area contributed by atoms with E-state index >= 15 is 0 Å². The summed E-state index contributed by atoms with van der Waals surface area (Å²) in [5, 5.41) is 15.5. The fraction of sp³-hybridized carbons (Fsp3) is 0.966. The fourth-order valence-electron chi connectivity index (χ4n) is 19.8. The number of rotatable bonds is 0. The first kappa shape index (κ1) is 76.0. The van der Waals surface area contributed by atoms with Crippen LogP contribution in [0.4, 0.5) is 26.3 Å². The molecule has 0 radical (unpaired) electrons. The average Bonchev–Trinajstić information content (AvgIpc) is 1.51. The van der Waals surface area contributed by atoms with Crippen LogP contribution in [0.5, 0.6) is 0 Å². The second kappa shape index (κ2) is 24.6. The molecule has 20 rings (SSSR count). The average molecular weight is 1590 g/mol. The van der Waals surface area contributed by atoms with Gasteiger partial charge in [-0.3, -0.25) is 20.9 Å². The number of ether oxygens (including phenoxy) is 5. The number of alkyl halides is 6. The van der Waals surface area contributed by atoms with Gasteiger partial charge < -0.3 is 23.7 Å². The molecule has 20 fully saturated rings. The van der Waals surface area contributed by atoms with Gasteiger partial charge >= 0.3 is 12.4 Å². The predicted octanol–water partition coefficient (Wildman–Crippen LogP) is 2.78. The number of fused-ring (bicyclic) bond motifs is 6. The molecule has 34 atom stereocenters. The summed E-state index contributed by atoms with van der Waals surface area (Å²) in [6.07, 6.45) is -13.1. The molecule has 0 aromatic rings. The van der Waals surface area contributed by atoms with Gasteiger partial charge in [-0.05, 0) is 74.5 Å². The third kappa shape index (κ3) is 11.8. The molecule has 568 valence electrons. The van der Waals surface area contributed by atoms with Crippen molar-refractivity contribution < 1.29 is 138 Å². The summed E-state index contributed by atoms with van der Waals surface area (Å²) < 4.78 is 305. The van der Waals surface area contributed by atoms with E-state index in [9.17, 15) is 93.7 Å². The van der Waals surface area contributed by atoms with E-state index in [0.717, 1.165) is 25.2 Å². The Kier molecular flexibility index (Phi) is 18.7. The van der Waals surface area contributed by atoms with Crippen molar-refractivity contribution in [1.29, 1.82) is 10.5 Å². The summed E-state index contributed by atoms with van der Waals surface area (Å²) in [6, 6.07) is 3.90. The Morgan fingerprint density at radius 1 is 0.450 bits per heavy atom. The van der Waals surface area contributed by atoms with E-state index in [1.165, 1.54) is 13.3 Å². The Morgan fingerprint density at radius 2 is 1.00 bits per heavy atom. The second-order valence-corrected chi connectivity index (χ2v) is 46.4. The zero-order valence-electron chi connectivity index (χ0n) is 55.0. The van der Waals surface area contributed by atoms with Crippen LogP contribution in [0.3, 0.4) is 0 Å². The van der Waals surface area contributed by atoms with Crippen molar-refractivity contribution in [3.05, 3.63) is 0 Å². The molecule has 2 aliphatic carbocycles. The van der Waals surface area contributed by atoms with Gasteiger partial charge in [-0.1, -0.05) is 48.5 Å². The van der Waals surface area contributed by atoms with Crippen LogP contribution in [-0.2, 0) is 125 Å². The van der Waals surface area contributed by atoms with Crippen molar-refractivity contribution in [2.75, 3.05) is 28.8 Å². The topological polar surface area (TPSA) is 413 Å². The van der Waals surface area contributed by atoms with Gasteiger partial charge in [-0.15, -0.1) is 0 Å². The van der Waals surface area contributed by atoms with Gasteiger partial charge in [0, 0.05) is 42.4 Å². The van der Waals surface area contributed by atoms with E-state index < -0.39 is 192 Å². The molecule has 2 saturated carbocycles. The number of hydrogen-bond acceptors (Lipinski definition) is 28. The van der Waals surface area contributed by atoms with Gasteiger partial charge in [0.05, 0.1) is 100 Å². The molecule has 34 unspecified atom stereocenters. The van der Waals surface area contributed by atoms with Crippen LogP contribution < -0.4 is 0 Å². The highest BCUT2D eigenvalue weighted by atomic mass is 32.2. The molecule has 0 N–H and O–H groups in total. The van der Waals surface area contributed by atoms with Gasteiger partial charge in [0.1, 0.15) is 65.2 Å². The SMILES string of the molecule is CC1C2CC3(C#N)C(O2)C1OS3(=O)=O.CC1C2CC3(C(F)(F)F)C(O2)C1OS3(=O)=O.CC1C2CC3C(O2)C1CS3(=O)=O.CC1C2CC3C1CS(=O)(=O)C3C2.CC1C2OC3C1OS(=O)(=O)C3C2C#N.CC1C2OS(=O)(=O)C3C2OC1C3C(F)(F)F.CC1CCS(=O)(=O)C1.CC1CCS(=O)(=O)O1. The highest BCUT2D eigenvalue weighted by Crippen LogP contribution is 2.64. The summed E-state index contributed by atoms with van der Waals surface area (Å²) >= 11 is 0. The smallest absolute Gasteiger partial charge is 0.373 e. The molecular weight excluding hydrogens is 1510 g/mol. The van der Waals surface area contributed by atoms with E-state index in [-0.39, 0.29) is 77.1 Å². The largest absolute Gasteiger partial charge is 0.413 e. The minimum absolute atomic E-state index is 0.00169. The first-order valence-corrected chi connectivity index (χ1v) is 46.0. The maximum absolute atomic E-state index is 13.0. The quantitative estimate of drug-likeness (QED) is 0.248. The Balaban J connectivity index is 0.000000103. The molecule has 0 aromatic heterocycles. The molecule has 42 heteroatoms. The summed E-state index contributed by atoms with van der Waals surface area (Å²) in [5.74, 6) is 2.27. The highest BCUT2D eigenvalue weighted by Gasteiger charge is 2.83. The van der Waals surface area contributed by atoms with Gasteiger partial charge in [0.2, 0.25) is 9.49 Å². The third-order valence-corrected chi connectivity index (χ3v) is 40.4. The van der Waals surface area contributed by atoms with Crippen LogP contribution in [0.15, 0.2) is 0 Å². The molecule has 18 heterocycles. The fourth-order valence-corrected chi connectivity index (χ4v) is 35.6. The van der Waals surface area contributed by atoms with Gasteiger partial charge in [0.15, 0.2) is 29.5 Å². The lowest BCUT2D eigenvalue weighted by Crippen LogP contribution is -2.56. The summed E-state index contributed by atoms with van der Waals surface area (Å²) in [4.78, 5) is 0. The van der Waals surface area contributed by atoms with Gasteiger partial charge in [-0.2, -0.15) is 79.0 Å². The standard InChI is InChI=1S/C9H14O2S.2C8H9F3O4S.2C8H9NO4S.C8H12O3S.C5H10O2S.C4H8O3S/c1-5-6-2-7-8(5)4-12(10,11)9(7)3-6;1-3-4-2-7(8(9,10)11)6(14-4)5(3)15-16(7,12)13;1-2-4-3(8(9,10)11)7-6(14-4)5(2)15-16(7,12)13;1-4-5-2-8(3-9)7(12-5)6(4)13-14(8,10)11;1-3-5-4(2-9)8-7(12-5)6(3)13-14(8,10)11;1-4-5-3-12(9,10)7-2-6(4)11-8(5)7;1-5-2-3-8(6,7)4-5;1-4-2-3-8(5,6)7-4/h5-9H,2-4H2,1H3;3-6H,2H2,1H3;2-7H,1H3;4-7H,2H2,1H3;3-8H,1H3;4-8H,2-3H2,1H3;5H,2-4H2,1H3;4H,2-3H2,1H3. The number of sulfone groups is 3. The van der Waals surface area contributed by atoms with Crippen LogP contribution in [0, 0.1) is 99.6 Å². The van der Waals surface area contributed by atoms with Crippen molar-refractivity contribution in [3.8, 4) is 12.1 Å². The van der Waals surface area contributed by atoms with Gasteiger partial charge in [0.25, 0.3) is 50.6 Å². The molecule has 0 spiro atoms. The van der Waals surface area contributed by atoms with E-state index in [4.69, 9.17) is 46.8 Å². The number of nitrogens with zero attached hydrogens (tertiary/aromatic N) is 2. The van der Waals surface area contributed by atoms with E-state index in [1.807, 2.05) is 32.9 Å². The van der Waals surface area contributed by atoms with E-state index in [0.29, 0.717) is 64.9 Å². The predicted molar refractivity (Wildman–Crippen MR) is 330 cm³/mol. The molecule has 0 aromatic carbocycles. The normalized spacial score (nSPS) is 53.2.